The minimum Gasteiger partial charge on any atom is -0.317 e. The largest absolute Gasteiger partial charge is 0.317 e. The SMILES string of the molecule is C=CC[P@](=O)(OCC)N(C)C. The lowest BCUT2D eigenvalue weighted by atomic mass is 10.8. The zero-order chi connectivity index (χ0) is 8.91. The second kappa shape index (κ2) is 4.70. The number of rotatable bonds is 5. The van der Waals surface area contributed by atoms with Gasteiger partial charge in [0.05, 0.1) is 12.8 Å². The molecule has 0 amide bonds. The van der Waals surface area contributed by atoms with Crippen molar-refractivity contribution in [2.75, 3.05) is 26.9 Å². The van der Waals surface area contributed by atoms with Crippen LogP contribution < -0.4 is 0 Å². The summed E-state index contributed by atoms with van der Waals surface area (Å²) in [7, 11) is 0.924. The van der Waals surface area contributed by atoms with Crippen molar-refractivity contribution in [3.63, 3.8) is 0 Å². The summed E-state index contributed by atoms with van der Waals surface area (Å²) in [5, 5.41) is 0. The quantitative estimate of drug-likeness (QED) is 0.475. The zero-order valence-corrected chi connectivity index (χ0v) is 8.30. The Bertz CT molecular complexity index is 168. The van der Waals surface area contributed by atoms with Gasteiger partial charge in [-0.15, -0.1) is 6.58 Å². The van der Waals surface area contributed by atoms with Gasteiger partial charge in [0.25, 0.3) is 7.52 Å². The molecule has 1 atom stereocenters. The van der Waals surface area contributed by atoms with Gasteiger partial charge < -0.3 is 4.52 Å². The van der Waals surface area contributed by atoms with Gasteiger partial charge >= 0.3 is 0 Å². The molecule has 3 nitrogen and oxygen atoms in total. The molecule has 0 saturated carbocycles. The van der Waals surface area contributed by atoms with E-state index < -0.39 is 7.52 Å². The van der Waals surface area contributed by atoms with Crippen LogP contribution in [0.2, 0.25) is 0 Å². The van der Waals surface area contributed by atoms with E-state index in [1.807, 2.05) is 6.92 Å². The second-order valence-electron chi connectivity index (χ2n) is 2.37. The van der Waals surface area contributed by atoms with E-state index in [1.54, 1.807) is 24.8 Å². The third-order valence-corrected chi connectivity index (χ3v) is 3.90. The lowest BCUT2D eigenvalue weighted by Gasteiger charge is -2.22. The molecule has 0 spiro atoms. The Hall–Kier alpha value is -0.110. The fourth-order valence-corrected chi connectivity index (χ4v) is 2.09. The molecule has 0 aliphatic carbocycles. The molecule has 0 aromatic carbocycles. The molecule has 0 N–H and O–H groups in total. The van der Waals surface area contributed by atoms with Crippen molar-refractivity contribution in [2.24, 2.45) is 0 Å². The Kier molecular flexibility index (Phi) is 4.66. The van der Waals surface area contributed by atoms with E-state index in [4.69, 9.17) is 4.52 Å². The fraction of sp³-hybridized carbons (Fsp3) is 0.714. The average molecular weight is 177 g/mol. The Morgan fingerprint density at radius 2 is 2.18 bits per heavy atom. The number of hydrogen-bond acceptors (Lipinski definition) is 2. The summed E-state index contributed by atoms with van der Waals surface area (Å²) in [5.41, 5.74) is 0. The third-order valence-electron chi connectivity index (χ3n) is 1.30. The third kappa shape index (κ3) is 3.19. The molecule has 0 aliphatic rings. The molecule has 0 saturated heterocycles. The van der Waals surface area contributed by atoms with Crippen molar-refractivity contribution in [1.29, 1.82) is 0 Å². The molecule has 0 aromatic rings. The zero-order valence-electron chi connectivity index (χ0n) is 7.41. The molecule has 0 aliphatic heterocycles. The van der Waals surface area contributed by atoms with Crippen LogP contribution in [0.3, 0.4) is 0 Å². The van der Waals surface area contributed by atoms with Crippen LogP contribution >= 0.6 is 7.52 Å². The van der Waals surface area contributed by atoms with Crippen LogP contribution in [0.1, 0.15) is 6.92 Å². The van der Waals surface area contributed by atoms with Crippen LogP contribution in [0.5, 0.6) is 0 Å². The highest BCUT2D eigenvalue weighted by atomic mass is 31.2. The summed E-state index contributed by atoms with van der Waals surface area (Å²) >= 11 is 0. The highest BCUT2D eigenvalue weighted by Gasteiger charge is 2.23. The van der Waals surface area contributed by atoms with E-state index in [0.717, 1.165) is 0 Å². The molecule has 66 valence electrons. The van der Waals surface area contributed by atoms with Gasteiger partial charge in [-0.05, 0) is 21.0 Å². The maximum absolute atomic E-state index is 11.7. The van der Waals surface area contributed by atoms with Gasteiger partial charge in [0.15, 0.2) is 0 Å². The molecule has 4 heteroatoms. The van der Waals surface area contributed by atoms with Crippen LogP contribution in [0.25, 0.3) is 0 Å². The maximum Gasteiger partial charge on any atom is 0.275 e. The van der Waals surface area contributed by atoms with Gasteiger partial charge in [-0.3, -0.25) is 4.57 Å². The van der Waals surface area contributed by atoms with E-state index >= 15 is 0 Å². The molecule has 11 heavy (non-hydrogen) atoms. The topological polar surface area (TPSA) is 29.5 Å². The van der Waals surface area contributed by atoms with Crippen molar-refractivity contribution in [3.05, 3.63) is 12.7 Å². The van der Waals surface area contributed by atoms with E-state index in [1.165, 1.54) is 0 Å². The number of hydrogen-bond donors (Lipinski definition) is 0. The minimum absolute atomic E-state index is 0.411. The Morgan fingerprint density at radius 1 is 1.64 bits per heavy atom. The molecule has 0 bridgehead atoms. The minimum atomic E-state index is -2.58. The Morgan fingerprint density at radius 3 is 2.45 bits per heavy atom. The van der Waals surface area contributed by atoms with Crippen molar-refractivity contribution in [2.45, 2.75) is 6.92 Å². The molecule has 0 heterocycles. The molecular weight excluding hydrogens is 161 g/mol. The maximum atomic E-state index is 11.7. The molecule has 0 unspecified atom stereocenters. The normalized spacial score (nSPS) is 16.4. The summed E-state index contributed by atoms with van der Waals surface area (Å²) in [6.45, 7) is 5.84. The average Bonchev–Trinajstić information content (AvgIpc) is 1.88. The van der Waals surface area contributed by atoms with Gasteiger partial charge in [0.1, 0.15) is 0 Å². The number of nitrogens with zero attached hydrogens (tertiary/aromatic N) is 1. The van der Waals surface area contributed by atoms with Crippen molar-refractivity contribution in [1.82, 2.24) is 4.67 Å². The van der Waals surface area contributed by atoms with Gasteiger partial charge in [0.2, 0.25) is 0 Å². The van der Waals surface area contributed by atoms with Gasteiger partial charge in [-0.25, -0.2) is 4.67 Å². The summed E-state index contributed by atoms with van der Waals surface area (Å²) in [5.74, 6) is 0. The molecule has 0 radical (unpaired) electrons. The van der Waals surface area contributed by atoms with Crippen LogP contribution in [0.4, 0.5) is 0 Å². The first-order valence-electron chi connectivity index (χ1n) is 3.59. The first-order chi connectivity index (χ1) is 5.06. The lowest BCUT2D eigenvalue weighted by molar-refractivity contribution is 0.299. The van der Waals surface area contributed by atoms with Gasteiger partial charge in [0, 0.05) is 0 Å². The Balaban J connectivity index is 4.25. The first kappa shape index (κ1) is 10.9. The van der Waals surface area contributed by atoms with Gasteiger partial charge in [-0.1, -0.05) is 6.08 Å². The van der Waals surface area contributed by atoms with Crippen molar-refractivity contribution in [3.8, 4) is 0 Å². The predicted molar refractivity (Wildman–Crippen MR) is 48.0 cm³/mol. The monoisotopic (exact) mass is 177 g/mol. The summed E-state index contributed by atoms with van der Waals surface area (Å²) < 4.78 is 18.5. The van der Waals surface area contributed by atoms with Crippen LogP contribution in [-0.4, -0.2) is 31.5 Å². The highest BCUT2D eigenvalue weighted by molar-refractivity contribution is 7.56. The lowest BCUT2D eigenvalue weighted by Crippen LogP contribution is -2.12. The van der Waals surface area contributed by atoms with Crippen LogP contribution in [0, 0.1) is 0 Å². The molecular formula is C7H16NO2P. The smallest absolute Gasteiger partial charge is 0.275 e. The highest BCUT2D eigenvalue weighted by Crippen LogP contribution is 2.48. The fourth-order valence-electron chi connectivity index (χ4n) is 0.696. The number of allylic oxidation sites excluding steroid dienone is 1. The molecule has 0 aromatic heterocycles. The summed E-state index contributed by atoms with van der Waals surface area (Å²) in [4.78, 5) is 0. The first-order valence-corrected chi connectivity index (χ1v) is 5.35. The molecule has 0 fully saturated rings. The molecule has 0 rings (SSSR count). The predicted octanol–water partition coefficient (Wildman–Crippen LogP) is 1.96. The second-order valence-corrected chi connectivity index (χ2v) is 5.07. The van der Waals surface area contributed by atoms with Crippen molar-refractivity contribution >= 4 is 7.52 Å². The summed E-state index contributed by atoms with van der Waals surface area (Å²) in [6, 6.07) is 0. The van der Waals surface area contributed by atoms with E-state index in [2.05, 4.69) is 6.58 Å². The van der Waals surface area contributed by atoms with E-state index in [-0.39, 0.29) is 0 Å². The van der Waals surface area contributed by atoms with Crippen LogP contribution in [-0.2, 0) is 9.09 Å². The summed E-state index contributed by atoms with van der Waals surface area (Å²) in [6.07, 6.45) is 2.03. The Labute approximate surface area is 68.5 Å². The van der Waals surface area contributed by atoms with Crippen LogP contribution in [0.15, 0.2) is 12.7 Å². The standard InChI is InChI=1S/C7H16NO2P/c1-5-7-11(9,8(3)4)10-6-2/h5H,1,6-7H2,2-4H3/t11-/m0/s1. The van der Waals surface area contributed by atoms with Crippen molar-refractivity contribution < 1.29 is 9.09 Å². The van der Waals surface area contributed by atoms with E-state index in [9.17, 15) is 4.57 Å². The van der Waals surface area contributed by atoms with Gasteiger partial charge in [-0.2, -0.15) is 0 Å². The van der Waals surface area contributed by atoms with E-state index in [0.29, 0.717) is 12.8 Å².